The van der Waals surface area contributed by atoms with Gasteiger partial charge in [0.05, 0.1) is 0 Å². The third kappa shape index (κ3) is 1.30. The van der Waals surface area contributed by atoms with E-state index < -0.39 is 0 Å². The third-order valence-electron chi connectivity index (χ3n) is 2.14. The van der Waals surface area contributed by atoms with Gasteiger partial charge in [-0.3, -0.25) is 0 Å². The number of thiophene rings is 1. The molecule has 0 amide bonds. The Hall–Kier alpha value is -0.410. The van der Waals surface area contributed by atoms with Crippen LogP contribution in [-0.2, 0) is 0 Å². The van der Waals surface area contributed by atoms with E-state index in [-0.39, 0.29) is 11.2 Å². The molecular weight excluding hydrogens is 161 g/mol. The normalized spacial score (nSPS) is 20.2. The largest absolute Gasteiger partial charge is 0.324 e. The first-order valence-electron chi connectivity index (χ1n) is 3.77. The van der Waals surface area contributed by atoms with Crippen LogP contribution in [0.4, 0.5) is 4.39 Å². The average molecular weight is 171 g/mol. The highest BCUT2D eigenvalue weighted by Crippen LogP contribution is 2.40. The van der Waals surface area contributed by atoms with Crippen molar-refractivity contribution < 1.29 is 4.39 Å². The second kappa shape index (κ2) is 2.57. The Morgan fingerprint density at radius 1 is 1.64 bits per heavy atom. The lowest BCUT2D eigenvalue weighted by molar-refractivity contribution is 0.573. The van der Waals surface area contributed by atoms with Gasteiger partial charge in [-0.15, -0.1) is 11.3 Å². The molecule has 0 bridgehead atoms. The van der Waals surface area contributed by atoms with Crippen LogP contribution < -0.4 is 5.73 Å². The molecule has 0 spiro atoms. The Balaban J connectivity index is 2.20. The summed E-state index contributed by atoms with van der Waals surface area (Å²) < 4.78 is 12.9. The molecule has 1 nitrogen and oxygen atoms in total. The van der Waals surface area contributed by atoms with Gasteiger partial charge in [0.25, 0.3) is 0 Å². The molecule has 0 aromatic carbocycles. The fraction of sp³-hybridized carbons (Fsp3) is 0.500. The first-order valence-corrected chi connectivity index (χ1v) is 4.65. The van der Waals surface area contributed by atoms with Crippen LogP contribution in [0.3, 0.4) is 0 Å². The Kier molecular flexibility index (Phi) is 1.69. The number of hydrogen-bond donors (Lipinski definition) is 1. The maximum Gasteiger partial charge on any atom is 0.181 e. The molecule has 1 aromatic rings. The predicted octanol–water partition coefficient (Wildman–Crippen LogP) is 2.30. The molecule has 1 atom stereocenters. The van der Waals surface area contributed by atoms with E-state index >= 15 is 0 Å². The molecule has 2 N–H and O–H groups in total. The second-order valence-electron chi connectivity index (χ2n) is 3.01. The first-order chi connectivity index (χ1) is 5.29. The maximum atomic E-state index is 12.9. The lowest BCUT2D eigenvalue weighted by Gasteiger charge is -2.06. The molecule has 3 heteroatoms. The minimum atomic E-state index is -0.107. The summed E-state index contributed by atoms with van der Waals surface area (Å²) in [6.45, 7) is 0. The molecule has 1 fully saturated rings. The van der Waals surface area contributed by atoms with Crippen molar-refractivity contribution in [1.29, 1.82) is 0 Å². The van der Waals surface area contributed by atoms with Crippen molar-refractivity contribution in [3.8, 4) is 0 Å². The van der Waals surface area contributed by atoms with Crippen LogP contribution in [0.5, 0.6) is 0 Å². The topological polar surface area (TPSA) is 26.0 Å². The molecule has 0 aliphatic heterocycles. The smallest absolute Gasteiger partial charge is 0.181 e. The van der Waals surface area contributed by atoms with E-state index in [1.165, 1.54) is 0 Å². The van der Waals surface area contributed by atoms with Gasteiger partial charge in [-0.1, -0.05) is 0 Å². The number of nitrogens with two attached hydrogens (primary N) is 1. The Bertz CT molecular complexity index is 254. The molecule has 1 heterocycles. The average Bonchev–Trinajstić information content (AvgIpc) is 2.74. The molecular formula is C8H10FNS. The van der Waals surface area contributed by atoms with E-state index in [0.29, 0.717) is 11.5 Å². The van der Waals surface area contributed by atoms with Crippen molar-refractivity contribution in [2.75, 3.05) is 0 Å². The van der Waals surface area contributed by atoms with E-state index in [1.807, 2.05) is 0 Å². The zero-order valence-electron chi connectivity index (χ0n) is 6.09. The Morgan fingerprint density at radius 2 is 2.36 bits per heavy atom. The van der Waals surface area contributed by atoms with Crippen molar-refractivity contribution in [1.82, 2.24) is 0 Å². The quantitative estimate of drug-likeness (QED) is 0.726. The van der Waals surface area contributed by atoms with Crippen LogP contribution in [-0.4, -0.2) is 0 Å². The summed E-state index contributed by atoms with van der Waals surface area (Å²) in [5.41, 5.74) is 6.52. The zero-order valence-corrected chi connectivity index (χ0v) is 6.90. The van der Waals surface area contributed by atoms with E-state index in [4.69, 9.17) is 5.73 Å². The standard InChI is InChI=1S/C8H10FNS/c9-8-6(3-4-11-8)7(10)5-1-2-5/h3-5,7H,1-2,10H2. The van der Waals surface area contributed by atoms with Gasteiger partial charge in [-0.2, -0.15) is 4.39 Å². The monoisotopic (exact) mass is 171 g/mol. The minimum Gasteiger partial charge on any atom is -0.324 e. The van der Waals surface area contributed by atoms with Gasteiger partial charge in [0.1, 0.15) is 0 Å². The highest BCUT2D eigenvalue weighted by atomic mass is 32.1. The van der Waals surface area contributed by atoms with Gasteiger partial charge in [-0.25, -0.2) is 0 Å². The summed E-state index contributed by atoms with van der Waals surface area (Å²) in [5, 5.41) is 1.65. The van der Waals surface area contributed by atoms with Crippen LogP contribution in [0.25, 0.3) is 0 Å². The number of hydrogen-bond acceptors (Lipinski definition) is 2. The third-order valence-corrected chi connectivity index (χ3v) is 2.85. The first kappa shape index (κ1) is 7.25. The molecule has 1 unspecified atom stereocenters. The molecule has 11 heavy (non-hydrogen) atoms. The molecule has 0 radical (unpaired) electrons. The van der Waals surface area contributed by atoms with Gasteiger partial charge in [0.15, 0.2) is 5.13 Å². The molecule has 1 saturated carbocycles. The molecule has 60 valence electrons. The van der Waals surface area contributed by atoms with Crippen molar-refractivity contribution >= 4 is 11.3 Å². The second-order valence-corrected chi connectivity index (χ2v) is 3.88. The number of halogens is 1. The summed E-state index contributed by atoms with van der Waals surface area (Å²) in [6, 6.07) is 1.74. The van der Waals surface area contributed by atoms with Crippen LogP contribution in [0.2, 0.25) is 0 Å². The van der Waals surface area contributed by atoms with Crippen molar-refractivity contribution in [2.45, 2.75) is 18.9 Å². The lowest BCUT2D eigenvalue weighted by atomic mass is 10.1. The van der Waals surface area contributed by atoms with Crippen LogP contribution in [0, 0.1) is 11.0 Å². The highest BCUT2D eigenvalue weighted by molar-refractivity contribution is 7.08. The zero-order chi connectivity index (χ0) is 7.84. The molecule has 1 aromatic heterocycles. The van der Waals surface area contributed by atoms with E-state index in [0.717, 1.165) is 24.2 Å². The van der Waals surface area contributed by atoms with E-state index in [1.54, 1.807) is 11.4 Å². The van der Waals surface area contributed by atoms with Gasteiger partial charge < -0.3 is 5.73 Å². The molecule has 2 rings (SSSR count). The summed E-state index contributed by atoms with van der Waals surface area (Å²) in [5.74, 6) is 0.541. The van der Waals surface area contributed by atoms with E-state index in [2.05, 4.69) is 0 Å². The molecule has 1 aliphatic carbocycles. The Morgan fingerprint density at radius 3 is 2.82 bits per heavy atom. The van der Waals surface area contributed by atoms with Gasteiger partial charge >= 0.3 is 0 Å². The van der Waals surface area contributed by atoms with Gasteiger partial charge in [-0.05, 0) is 30.2 Å². The van der Waals surface area contributed by atoms with Crippen LogP contribution >= 0.6 is 11.3 Å². The van der Waals surface area contributed by atoms with Crippen LogP contribution in [0.15, 0.2) is 11.4 Å². The van der Waals surface area contributed by atoms with Gasteiger partial charge in [0, 0.05) is 11.6 Å². The fourth-order valence-corrected chi connectivity index (χ4v) is 1.93. The maximum absolute atomic E-state index is 12.9. The van der Waals surface area contributed by atoms with Crippen molar-refractivity contribution in [2.24, 2.45) is 11.7 Å². The summed E-state index contributed by atoms with van der Waals surface area (Å²) in [6.07, 6.45) is 2.33. The summed E-state index contributed by atoms with van der Waals surface area (Å²) in [7, 11) is 0. The fourth-order valence-electron chi connectivity index (χ4n) is 1.25. The lowest BCUT2D eigenvalue weighted by Crippen LogP contribution is -2.12. The Labute approximate surface area is 69.0 Å². The SMILES string of the molecule is NC(c1ccsc1F)C1CC1. The highest BCUT2D eigenvalue weighted by Gasteiger charge is 2.31. The molecule has 1 aliphatic rings. The number of rotatable bonds is 2. The van der Waals surface area contributed by atoms with Crippen molar-refractivity contribution in [3.05, 3.63) is 22.1 Å². The van der Waals surface area contributed by atoms with Crippen molar-refractivity contribution in [3.63, 3.8) is 0 Å². The molecule has 0 saturated heterocycles. The van der Waals surface area contributed by atoms with Crippen LogP contribution in [0.1, 0.15) is 24.4 Å². The van der Waals surface area contributed by atoms with E-state index in [9.17, 15) is 4.39 Å². The minimum absolute atomic E-state index is 0.0544. The summed E-state index contributed by atoms with van der Waals surface area (Å²) in [4.78, 5) is 0. The predicted molar refractivity (Wildman–Crippen MR) is 43.9 cm³/mol. The summed E-state index contributed by atoms with van der Waals surface area (Å²) >= 11 is 1.13. The van der Waals surface area contributed by atoms with Gasteiger partial charge in [0.2, 0.25) is 0 Å².